The zero-order chi connectivity index (χ0) is 25.8. The molecule has 184 valence electrons. The Morgan fingerprint density at radius 1 is 1.00 bits per heavy atom. The lowest BCUT2D eigenvalue weighted by molar-refractivity contribution is -0.143. The van der Waals surface area contributed by atoms with Crippen molar-refractivity contribution in [1.82, 2.24) is 5.32 Å². The number of aliphatic hydroxyl groups is 1. The molecule has 1 heterocycles. The summed E-state index contributed by atoms with van der Waals surface area (Å²) in [5.41, 5.74) is 3.22. The third-order valence-corrected chi connectivity index (χ3v) is 5.83. The van der Waals surface area contributed by atoms with Crippen molar-refractivity contribution in [2.24, 2.45) is 0 Å². The van der Waals surface area contributed by atoms with E-state index >= 15 is 0 Å². The molecule has 3 aromatic carbocycles. The molecule has 0 aliphatic heterocycles. The molecule has 0 saturated heterocycles. The summed E-state index contributed by atoms with van der Waals surface area (Å²) in [6.45, 7) is 1.16. The zero-order valence-electron chi connectivity index (χ0n) is 19.7. The standard InChI is InChI=1S/C28H24FNO6/c1-3-23(32)25-21-14-18(9-12-24(21)36-26(25)16-7-10-20(29)11-8-16)17-5-4-6-19(13-17)27(33)30-22(15-31)28(34)35-2/h4-14,22,31H,3,15H2,1-2H3,(H,30,33). The number of fused-ring (bicyclic) bond motifs is 1. The van der Waals surface area contributed by atoms with E-state index in [9.17, 15) is 23.9 Å². The Hall–Kier alpha value is -4.30. The molecule has 0 aliphatic carbocycles. The van der Waals surface area contributed by atoms with Crippen LogP contribution in [0.1, 0.15) is 34.1 Å². The molecule has 4 aromatic rings. The Labute approximate surface area is 206 Å². The number of nitrogens with one attached hydrogen (secondary N) is 1. The number of amides is 1. The SMILES string of the molecule is CCC(=O)c1c(-c2ccc(F)cc2)oc2ccc(-c3cccc(C(=O)NC(CO)C(=O)OC)c3)cc12. The fourth-order valence-corrected chi connectivity index (χ4v) is 3.94. The third kappa shape index (κ3) is 4.89. The minimum Gasteiger partial charge on any atom is -0.467 e. The first-order valence-corrected chi connectivity index (χ1v) is 11.3. The predicted octanol–water partition coefficient (Wildman–Crippen LogP) is 4.76. The fraction of sp³-hybridized carbons (Fsp3) is 0.179. The van der Waals surface area contributed by atoms with E-state index in [0.717, 1.165) is 5.56 Å². The fourth-order valence-electron chi connectivity index (χ4n) is 3.94. The van der Waals surface area contributed by atoms with Crippen molar-refractivity contribution in [2.45, 2.75) is 19.4 Å². The minimum atomic E-state index is -1.18. The summed E-state index contributed by atoms with van der Waals surface area (Å²) in [5.74, 6) is -1.43. The summed E-state index contributed by atoms with van der Waals surface area (Å²) < 4.78 is 24.0. The predicted molar refractivity (Wildman–Crippen MR) is 132 cm³/mol. The van der Waals surface area contributed by atoms with Gasteiger partial charge in [-0.2, -0.15) is 0 Å². The third-order valence-electron chi connectivity index (χ3n) is 5.83. The van der Waals surface area contributed by atoms with E-state index in [1.54, 1.807) is 43.3 Å². The van der Waals surface area contributed by atoms with Crippen LogP contribution in [0.4, 0.5) is 4.39 Å². The van der Waals surface area contributed by atoms with Gasteiger partial charge in [0.15, 0.2) is 11.8 Å². The van der Waals surface area contributed by atoms with Crippen molar-refractivity contribution in [1.29, 1.82) is 0 Å². The Morgan fingerprint density at radius 3 is 2.36 bits per heavy atom. The highest BCUT2D eigenvalue weighted by Crippen LogP contribution is 2.37. The molecule has 8 heteroatoms. The van der Waals surface area contributed by atoms with Gasteiger partial charge in [0, 0.05) is 22.9 Å². The molecule has 1 unspecified atom stereocenters. The maximum atomic E-state index is 13.4. The van der Waals surface area contributed by atoms with Crippen molar-refractivity contribution in [3.8, 4) is 22.5 Å². The number of hydrogen-bond donors (Lipinski definition) is 2. The molecule has 1 amide bonds. The van der Waals surface area contributed by atoms with E-state index in [1.807, 2.05) is 18.2 Å². The van der Waals surface area contributed by atoms with Crippen LogP contribution >= 0.6 is 0 Å². The Morgan fingerprint density at radius 2 is 1.69 bits per heavy atom. The van der Waals surface area contributed by atoms with Crippen LogP contribution in [0.25, 0.3) is 33.4 Å². The van der Waals surface area contributed by atoms with Crippen LogP contribution < -0.4 is 5.32 Å². The van der Waals surface area contributed by atoms with E-state index in [0.29, 0.717) is 33.4 Å². The normalized spacial score (nSPS) is 11.8. The average Bonchev–Trinajstić information content (AvgIpc) is 3.30. The number of furan rings is 1. The van der Waals surface area contributed by atoms with Gasteiger partial charge in [0.05, 0.1) is 19.3 Å². The van der Waals surface area contributed by atoms with Crippen molar-refractivity contribution < 1.29 is 33.0 Å². The quantitative estimate of drug-likeness (QED) is 0.273. The number of benzene rings is 3. The van der Waals surface area contributed by atoms with Crippen LogP contribution in [-0.2, 0) is 9.53 Å². The summed E-state index contributed by atoms with van der Waals surface area (Å²) in [6.07, 6.45) is 0.259. The van der Waals surface area contributed by atoms with Gasteiger partial charge in [-0.05, 0) is 59.7 Å². The number of esters is 1. The average molecular weight is 489 g/mol. The van der Waals surface area contributed by atoms with E-state index in [-0.39, 0.29) is 23.6 Å². The van der Waals surface area contributed by atoms with Gasteiger partial charge in [-0.25, -0.2) is 9.18 Å². The summed E-state index contributed by atoms with van der Waals surface area (Å²) in [5, 5.41) is 12.4. The van der Waals surface area contributed by atoms with Gasteiger partial charge in [-0.1, -0.05) is 25.1 Å². The van der Waals surface area contributed by atoms with Gasteiger partial charge in [0.25, 0.3) is 5.91 Å². The van der Waals surface area contributed by atoms with Crippen LogP contribution in [0.2, 0.25) is 0 Å². The highest BCUT2D eigenvalue weighted by atomic mass is 19.1. The number of rotatable bonds is 8. The number of halogens is 1. The van der Waals surface area contributed by atoms with Crippen molar-refractivity contribution in [3.63, 3.8) is 0 Å². The lowest BCUT2D eigenvalue weighted by Gasteiger charge is -2.14. The number of aliphatic hydroxyl groups excluding tert-OH is 1. The molecule has 36 heavy (non-hydrogen) atoms. The van der Waals surface area contributed by atoms with Crippen LogP contribution in [0.5, 0.6) is 0 Å². The topological polar surface area (TPSA) is 106 Å². The van der Waals surface area contributed by atoms with E-state index in [1.165, 1.54) is 19.2 Å². The molecule has 0 saturated carbocycles. The minimum absolute atomic E-state index is 0.115. The molecule has 0 bridgehead atoms. The molecular weight excluding hydrogens is 465 g/mol. The molecule has 0 radical (unpaired) electrons. The number of Topliss-reactive ketones (excluding diaryl/α,β-unsaturated/α-hetero) is 1. The summed E-state index contributed by atoms with van der Waals surface area (Å²) >= 11 is 0. The number of carbonyl (C=O) groups is 3. The smallest absolute Gasteiger partial charge is 0.330 e. The first kappa shape index (κ1) is 24.8. The maximum Gasteiger partial charge on any atom is 0.330 e. The summed E-state index contributed by atoms with van der Waals surface area (Å²) in [7, 11) is 1.17. The Bertz CT molecular complexity index is 1440. The number of hydrogen-bond acceptors (Lipinski definition) is 6. The molecule has 2 N–H and O–H groups in total. The molecule has 0 fully saturated rings. The maximum absolute atomic E-state index is 13.4. The van der Waals surface area contributed by atoms with Gasteiger partial charge in [0.2, 0.25) is 0 Å². The first-order chi connectivity index (χ1) is 17.4. The summed E-state index contributed by atoms with van der Waals surface area (Å²) in [6, 6.07) is 16.7. The molecule has 0 aliphatic rings. The van der Waals surface area contributed by atoms with Crippen molar-refractivity contribution in [2.75, 3.05) is 13.7 Å². The van der Waals surface area contributed by atoms with E-state index < -0.39 is 24.5 Å². The van der Waals surface area contributed by atoms with Crippen molar-refractivity contribution >= 4 is 28.6 Å². The number of ether oxygens (including phenoxy) is 1. The van der Waals surface area contributed by atoms with Crippen LogP contribution in [0, 0.1) is 5.82 Å². The van der Waals surface area contributed by atoms with E-state index in [2.05, 4.69) is 10.1 Å². The van der Waals surface area contributed by atoms with Crippen molar-refractivity contribution in [3.05, 3.63) is 83.7 Å². The van der Waals surface area contributed by atoms with Crippen LogP contribution in [0.3, 0.4) is 0 Å². The Kier molecular flexibility index (Phi) is 7.26. The van der Waals surface area contributed by atoms with Gasteiger partial charge in [-0.3, -0.25) is 9.59 Å². The van der Waals surface area contributed by atoms with Gasteiger partial charge in [-0.15, -0.1) is 0 Å². The molecule has 0 spiro atoms. The molecule has 4 rings (SSSR count). The molecule has 1 atom stereocenters. The molecular formula is C28H24FNO6. The number of ketones is 1. The van der Waals surface area contributed by atoms with Crippen LogP contribution in [-0.4, -0.2) is 42.5 Å². The zero-order valence-corrected chi connectivity index (χ0v) is 19.7. The van der Waals surface area contributed by atoms with Gasteiger partial charge in [0.1, 0.15) is 17.2 Å². The first-order valence-electron chi connectivity index (χ1n) is 11.3. The number of carbonyl (C=O) groups excluding carboxylic acids is 3. The molecule has 1 aromatic heterocycles. The molecule has 7 nitrogen and oxygen atoms in total. The highest BCUT2D eigenvalue weighted by Gasteiger charge is 2.23. The lowest BCUT2D eigenvalue weighted by Crippen LogP contribution is -2.44. The lowest BCUT2D eigenvalue weighted by atomic mass is 9.97. The summed E-state index contributed by atoms with van der Waals surface area (Å²) in [4.78, 5) is 37.3. The second kappa shape index (κ2) is 10.5. The highest BCUT2D eigenvalue weighted by molar-refractivity contribution is 6.12. The second-order valence-corrected chi connectivity index (χ2v) is 8.11. The van der Waals surface area contributed by atoms with Crippen LogP contribution in [0.15, 0.2) is 71.1 Å². The van der Waals surface area contributed by atoms with Gasteiger partial charge < -0.3 is 19.6 Å². The largest absolute Gasteiger partial charge is 0.467 e. The van der Waals surface area contributed by atoms with Gasteiger partial charge >= 0.3 is 5.97 Å². The monoisotopic (exact) mass is 489 g/mol. The Balaban J connectivity index is 1.74. The number of methoxy groups -OCH3 is 1. The van der Waals surface area contributed by atoms with E-state index in [4.69, 9.17) is 4.42 Å². The second-order valence-electron chi connectivity index (χ2n) is 8.11.